The number of aromatic nitrogens is 1. The molecule has 1 fully saturated rings. The third-order valence-corrected chi connectivity index (χ3v) is 3.16. The molecule has 1 saturated carbocycles. The third kappa shape index (κ3) is 2.37. The summed E-state index contributed by atoms with van der Waals surface area (Å²) in [4.78, 5) is 6.87. The third-order valence-electron chi connectivity index (χ3n) is 3.16. The number of aryl methyl sites for hydroxylation is 1. The van der Waals surface area contributed by atoms with Gasteiger partial charge in [-0.2, -0.15) is 0 Å². The van der Waals surface area contributed by atoms with Gasteiger partial charge in [-0.25, -0.2) is 0 Å². The summed E-state index contributed by atoms with van der Waals surface area (Å²) in [6.07, 6.45) is 4.09. The van der Waals surface area contributed by atoms with Gasteiger partial charge in [0.05, 0.1) is 5.69 Å². The summed E-state index contributed by atoms with van der Waals surface area (Å²) in [7, 11) is 4.21. The molecule has 0 aliphatic heterocycles. The molecule has 1 heterocycles. The van der Waals surface area contributed by atoms with Gasteiger partial charge in [-0.3, -0.25) is 4.98 Å². The van der Waals surface area contributed by atoms with E-state index < -0.39 is 0 Å². The fourth-order valence-corrected chi connectivity index (χ4v) is 2.14. The summed E-state index contributed by atoms with van der Waals surface area (Å²) in [6, 6.07) is 4.43. The van der Waals surface area contributed by atoms with Gasteiger partial charge >= 0.3 is 0 Å². The van der Waals surface area contributed by atoms with Crippen molar-refractivity contribution in [3.8, 4) is 0 Å². The maximum absolute atomic E-state index is 4.67. The fourth-order valence-electron chi connectivity index (χ4n) is 2.14. The molecule has 1 aliphatic rings. The van der Waals surface area contributed by atoms with Crippen molar-refractivity contribution < 1.29 is 0 Å². The monoisotopic (exact) mass is 204 g/mol. The molecule has 2 heteroatoms. The number of hydrogen-bond acceptors (Lipinski definition) is 2. The van der Waals surface area contributed by atoms with Crippen LogP contribution in [0, 0.1) is 6.92 Å². The van der Waals surface area contributed by atoms with E-state index in [1.807, 2.05) is 0 Å². The Bertz CT molecular complexity index is 340. The van der Waals surface area contributed by atoms with Crippen molar-refractivity contribution in [2.75, 3.05) is 14.1 Å². The van der Waals surface area contributed by atoms with Crippen LogP contribution in [0.3, 0.4) is 0 Å². The highest BCUT2D eigenvalue weighted by Gasteiger charge is 2.22. The van der Waals surface area contributed by atoms with Crippen LogP contribution in [0.25, 0.3) is 0 Å². The van der Waals surface area contributed by atoms with Crippen molar-refractivity contribution in [2.24, 2.45) is 0 Å². The first-order chi connectivity index (χ1) is 7.16. The van der Waals surface area contributed by atoms with Gasteiger partial charge in [0, 0.05) is 12.2 Å². The zero-order valence-electron chi connectivity index (χ0n) is 9.95. The summed E-state index contributed by atoms with van der Waals surface area (Å²) in [6.45, 7) is 3.04. The predicted molar refractivity (Wildman–Crippen MR) is 63.0 cm³/mol. The average molecular weight is 204 g/mol. The highest BCUT2D eigenvalue weighted by molar-refractivity contribution is 5.28. The standard InChI is InChI=1S/C13H20N2/c1-10-7-8-12(11-5-4-6-11)13(14-10)9-15(2)3/h7-8,11H,4-6,9H2,1-3H3. The van der Waals surface area contributed by atoms with Crippen LogP contribution in [-0.4, -0.2) is 24.0 Å². The normalized spacial score (nSPS) is 16.8. The SMILES string of the molecule is Cc1ccc(C2CCC2)c(CN(C)C)n1. The molecule has 0 N–H and O–H groups in total. The maximum atomic E-state index is 4.67. The van der Waals surface area contributed by atoms with Crippen molar-refractivity contribution in [1.29, 1.82) is 0 Å². The molecule has 1 aromatic rings. The molecule has 15 heavy (non-hydrogen) atoms. The van der Waals surface area contributed by atoms with Gasteiger partial charge in [-0.05, 0) is 51.4 Å². The highest BCUT2D eigenvalue weighted by Crippen LogP contribution is 2.37. The van der Waals surface area contributed by atoms with Crippen molar-refractivity contribution in [1.82, 2.24) is 9.88 Å². The quantitative estimate of drug-likeness (QED) is 0.752. The Morgan fingerprint density at radius 3 is 2.60 bits per heavy atom. The van der Waals surface area contributed by atoms with E-state index in [0.717, 1.165) is 18.2 Å². The topological polar surface area (TPSA) is 16.1 Å². The second kappa shape index (κ2) is 4.31. The van der Waals surface area contributed by atoms with Crippen LogP contribution in [0.4, 0.5) is 0 Å². The molecule has 0 saturated heterocycles. The number of nitrogens with zero attached hydrogens (tertiary/aromatic N) is 2. The molecule has 1 aromatic heterocycles. The van der Waals surface area contributed by atoms with Crippen molar-refractivity contribution >= 4 is 0 Å². The van der Waals surface area contributed by atoms with E-state index in [9.17, 15) is 0 Å². The number of rotatable bonds is 3. The summed E-state index contributed by atoms with van der Waals surface area (Å²) < 4.78 is 0. The lowest BCUT2D eigenvalue weighted by Crippen LogP contribution is -2.18. The van der Waals surface area contributed by atoms with E-state index in [0.29, 0.717) is 0 Å². The molecule has 0 radical (unpaired) electrons. The van der Waals surface area contributed by atoms with Gasteiger partial charge in [0.2, 0.25) is 0 Å². The van der Waals surface area contributed by atoms with Crippen molar-refractivity contribution in [2.45, 2.75) is 38.6 Å². The predicted octanol–water partition coefficient (Wildman–Crippen LogP) is 2.72. The van der Waals surface area contributed by atoms with Gasteiger partial charge in [-0.15, -0.1) is 0 Å². The van der Waals surface area contributed by atoms with E-state index in [2.05, 4.69) is 43.0 Å². The van der Waals surface area contributed by atoms with Gasteiger partial charge in [0.25, 0.3) is 0 Å². The minimum Gasteiger partial charge on any atom is -0.304 e. The lowest BCUT2D eigenvalue weighted by Gasteiger charge is -2.28. The maximum Gasteiger partial charge on any atom is 0.0581 e. The van der Waals surface area contributed by atoms with E-state index in [-0.39, 0.29) is 0 Å². The summed E-state index contributed by atoms with van der Waals surface area (Å²) in [5.74, 6) is 0.785. The van der Waals surface area contributed by atoms with Gasteiger partial charge < -0.3 is 4.90 Å². The largest absolute Gasteiger partial charge is 0.304 e. The summed E-state index contributed by atoms with van der Waals surface area (Å²) >= 11 is 0. The van der Waals surface area contributed by atoms with Crippen LogP contribution in [0.15, 0.2) is 12.1 Å². The number of pyridine rings is 1. The van der Waals surface area contributed by atoms with Gasteiger partial charge in [-0.1, -0.05) is 12.5 Å². The van der Waals surface area contributed by atoms with E-state index in [1.165, 1.54) is 30.5 Å². The Balaban J connectivity index is 2.26. The zero-order valence-corrected chi connectivity index (χ0v) is 9.95. The lowest BCUT2D eigenvalue weighted by molar-refractivity contribution is 0.377. The smallest absolute Gasteiger partial charge is 0.0581 e. The lowest BCUT2D eigenvalue weighted by atomic mass is 9.79. The molecular weight excluding hydrogens is 184 g/mol. The molecule has 2 rings (SSSR count). The highest BCUT2D eigenvalue weighted by atomic mass is 15.1. The Morgan fingerprint density at radius 1 is 1.33 bits per heavy atom. The van der Waals surface area contributed by atoms with E-state index >= 15 is 0 Å². The molecule has 0 amide bonds. The Kier molecular flexibility index (Phi) is 3.06. The van der Waals surface area contributed by atoms with Crippen molar-refractivity contribution in [3.05, 3.63) is 29.1 Å². The average Bonchev–Trinajstić information content (AvgIpc) is 2.05. The Labute approximate surface area is 92.3 Å². The molecule has 0 spiro atoms. The van der Waals surface area contributed by atoms with Crippen LogP contribution in [-0.2, 0) is 6.54 Å². The zero-order chi connectivity index (χ0) is 10.8. The molecule has 2 nitrogen and oxygen atoms in total. The van der Waals surface area contributed by atoms with Crippen LogP contribution in [0.2, 0.25) is 0 Å². The minimum absolute atomic E-state index is 0.785. The summed E-state index contributed by atoms with van der Waals surface area (Å²) in [5.41, 5.74) is 3.90. The Morgan fingerprint density at radius 2 is 2.07 bits per heavy atom. The van der Waals surface area contributed by atoms with Crippen LogP contribution in [0.5, 0.6) is 0 Å². The van der Waals surface area contributed by atoms with E-state index in [4.69, 9.17) is 0 Å². The molecule has 0 unspecified atom stereocenters. The fraction of sp³-hybridized carbons (Fsp3) is 0.615. The van der Waals surface area contributed by atoms with Crippen LogP contribution in [0.1, 0.15) is 42.1 Å². The van der Waals surface area contributed by atoms with E-state index in [1.54, 1.807) is 0 Å². The Hall–Kier alpha value is -0.890. The first-order valence-electron chi connectivity index (χ1n) is 5.78. The molecule has 0 aromatic carbocycles. The second-order valence-electron chi connectivity index (χ2n) is 4.85. The molecule has 0 atom stereocenters. The number of hydrogen-bond donors (Lipinski definition) is 0. The molecule has 0 bridgehead atoms. The first-order valence-corrected chi connectivity index (χ1v) is 5.78. The van der Waals surface area contributed by atoms with Gasteiger partial charge in [0.1, 0.15) is 0 Å². The summed E-state index contributed by atoms with van der Waals surface area (Å²) in [5, 5.41) is 0. The molecule has 1 aliphatic carbocycles. The molecular formula is C13H20N2. The van der Waals surface area contributed by atoms with Gasteiger partial charge in [0.15, 0.2) is 0 Å². The first kappa shape index (κ1) is 10.6. The van der Waals surface area contributed by atoms with Crippen LogP contribution >= 0.6 is 0 Å². The second-order valence-corrected chi connectivity index (χ2v) is 4.85. The van der Waals surface area contributed by atoms with Crippen molar-refractivity contribution in [3.63, 3.8) is 0 Å². The molecule has 82 valence electrons. The minimum atomic E-state index is 0.785. The van der Waals surface area contributed by atoms with Crippen LogP contribution < -0.4 is 0 Å².